The van der Waals surface area contributed by atoms with Gasteiger partial charge in [0.15, 0.2) is 0 Å². The standard InChI is InChI=1S/C21H23N3OS/c1-15-9-11-19(12-10-15)26-14-13-22-16(2)20-17(3)23-24(21(20)25)18-7-5-4-6-8-18/h4-12,23H,13-14H2,1-3H3. The molecule has 0 aliphatic carbocycles. The van der Waals surface area contributed by atoms with Gasteiger partial charge in [-0.2, -0.15) is 0 Å². The van der Waals surface area contributed by atoms with Gasteiger partial charge in [-0.3, -0.25) is 14.9 Å². The molecular weight excluding hydrogens is 342 g/mol. The van der Waals surface area contributed by atoms with Crippen LogP contribution in [-0.4, -0.2) is 27.8 Å². The monoisotopic (exact) mass is 365 g/mol. The number of rotatable bonds is 6. The van der Waals surface area contributed by atoms with E-state index in [2.05, 4.69) is 41.3 Å². The lowest BCUT2D eigenvalue weighted by Gasteiger charge is -2.01. The number of nitrogens with zero attached hydrogens (tertiary/aromatic N) is 2. The second-order valence-electron chi connectivity index (χ2n) is 6.22. The molecule has 5 heteroatoms. The van der Waals surface area contributed by atoms with Crippen molar-refractivity contribution in [3.05, 3.63) is 81.8 Å². The van der Waals surface area contributed by atoms with Crippen molar-refractivity contribution in [2.75, 3.05) is 12.3 Å². The summed E-state index contributed by atoms with van der Waals surface area (Å²) in [7, 11) is 0. The first-order valence-electron chi connectivity index (χ1n) is 8.64. The minimum atomic E-state index is -0.0545. The number of H-pyrrole nitrogens is 1. The summed E-state index contributed by atoms with van der Waals surface area (Å²) in [5.74, 6) is 0.886. The summed E-state index contributed by atoms with van der Waals surface area (Å²) in [5, 5.41) is 3.15. The molecule has 0 amide bonds. The smallest absolute Gasteiger partial charge is 0.280 e. The van der Waals surface area contributed by atoms with Crippen LogP contribution in [-0.2, 0) is 0 Å². The number of hydrogen-bond acceptors (Lipinski definition) is 3. The molecule has 26 heavy (non-hydrogen) atoms. The van der Waals surface area contributed by atoms with E-state index < -0.39 is 0 Å². The highest BCUT2D eigenvalue weighted by molar-refractivity contribution is 7.99. The van der Waals surface area contributed by atoms with E-state index in [4.69, 9.17) is 0 Å². The molecule has 1 heterocycles. The molecular formula is C21H23N3OS. The molecule has 0 saturated heterocycles. The van der Waals surface area contributed by atoms with Crippen LogP contribution in [0.15, 0.2) is 69.3 Å². The first-order chi connectivity index (χ1) is 12.6. The Kier molecular flexibility index (Phi) is 5.78. The van der Waals surface area contributed by atoms with Crippen LogP contribution >= 0.6 is 11.8 Å². The average molecular weight is 366 g/mol. The van der Waals surface area contributed by atoms with E-state index in [0.29, 0.717) is 12.1 Å². The Morgan fingerprint density at radius 2 is 1.77 bits per heavy atom. The fourth-order valence-electron chi connectivity index (χ4n) is 2.82. The SMILES string of the molecule is CC(=NCCSc1ccc(C)cc1)c1c(C)[nH]n(-c2ccccc2)c1=O. The highest BCUT2D eigenvalue weighted by Crippen LogP contribution is 2.18. The number of benzene rings is 2. The Morgan fingerprint density at radius 1 is 1.08 bits per heavy atom. The Balaban J connectivity index is 1.70. The summed E-state index contributed by atoms with van der Waals surface area (Å²) in [4.78, 5) is 18.6. The van der Waals surface area contributed by atoms with Crippen molar-refractivity contribution < 1.29 is 0 Å². The fourth-order valence-corrected chi connectivity index (χ4v) is 3.57. The van der Waals surface area contributed by atoms with Gasteiger partial charge in [-0.1, -0.05) is 35.9 Å². The van der Waals surface area contributed by atoms with Crippen molar-refractivity contribution in [3.63, 3.8) is 0 Å². The van der Waals surface area contributed by atoms with E-state index >= 15 is 0 Å². The summed E-state index contributed by atoms with van der Waals surface area (Å²) in [6, 6.07) is 18.1. The Hall–Kier alpha value is -2.53. The molecule has 134 valence electrons. The maximum Gasteiger partial charge on any atom is 0.280 e. The van der Waals surface area contributed by atoms with E-state index in [-0.39, 0.29) is 5.56 Å². The van der Waals surface area contributed by atoms with Crippen LogP contribution in [0.5, 0.6) is 0 Å². The molecule has 0 radical (unpaired) electrons. The lowest BCUT2D eigenvalue weighted by Crippen LogP contribution is -2.19. The largest absolute Gasteiger partial charge is 0.295 e. The van der Waals surface area contributed by atoms with Gasteiger partial charge in [0.25, 0.3) is 5.56 Å². The van der Waals surface area contributed by atoms with E-state index in [1.807, 2.05) is 44.2 Å². The highest BCUT2D eigenvalue weighted by atomic mass is 32.2. The molecule has 0 aliphatic rings. The van der Waals surface area contributed by atoms with Crippen LogP contribution in [0.2, 0.25) is 0 Å². The molecule has 2 aromatic carbocycles. The third kappa shape index (κ3) is 4.17. The molecule has 0 bridgehead atoms. The molecule has 3 rings (SSSR count). The van der Waals surface area contributed by atoms with Gasteiger partial charge in [0, 0.05) is 28.6 Å². The van der Waals surface area contributed by atoms with Crippen LogP contribution in [0.4, 0.5) is 0 Å². The molecule has 1 aromatic heterocycles. The van der Waals surface area contributed by atoms with Crippen LogP contribution in [0.1, 0.15) is 23.7 Å². The number of para-hydroxylation sites is 1. The second-order valence-corrected chi connectivity index (χ2v) is 7.38. The highest BCUT2D eigenvalue weighted by Gasteiger charge is 2.14. The molecule has 0 saturated carbocycles. The Bertz CT molecular complexity index is 953. The predicted octanol–water partition coefficient (Wildman–Crippen LogP) is 4.38. The van der Waals surface area contributed by atoms with Crippen LogP contribution in [0.3, 0.4) is 0 Å². The maximum absolute atomic E-state index is 12.8. The van der Waals surface area contributed by atoms with Crippen LogP contribution in [0, 0.1) is 13.8 Å². The Labute approximate surface area is 158 Å². The predicted molar refractivity (Wildman–Crippen MR) is 110 cm³/mol. The zero-order chi connectivity index (χ0) is 18.5. The number of thioether (sulfide) groups is 1. The van der Waals surface area contributed by atoms with Crippen molar-refractivity contribution in [3.8, 4) is 5.69 Å². The number of hydrogen-bond donors (Lipinski definition) is 1. The number of aryl methyl sites for hydroxylation is 2. The van der Waals surface area contributed by atoms with E-state index in [1.54, 1.807) is 16.4 Å². The zero-order valence-corrected chi connectivity index (χ0v) is 16.1. The normalized spacial score (nSPS) is 11.7. The number of aromatic nitrogens is 2. The number of nitrogens with one attached hydrogen (secondary N) is 1. The van der Waals surface area contributed by atoms with Gasteiger partial charge in [0.1, 0.15) is 0 Å². The van der Waals surface area contributed by atoms with Gasteiger partial charge in [0.2, 0.25) is 0 Å². The van der Waals surface area contributed by atoms with E-state index in [9.17, 15) is 4.79 Å². The minimum absolute atomic E-state index is 0.0545. The molecule has 3 aromatic rings. The van der Waals surface area contributed by atoms with Crippen molar-refractivity contribution in [1.29, 1.82) is 0 Å². The minimum Gasteiger partial charge on any atom is -0.295 e. The molecule has 0 aliphatic heterocycles. The zero-order valence-electron chi connectivity index (χ0n) is 15.3. The summed E-state index contributed by atoms with van der Waals surface area (Å²) in [5.41, 5.74) is 4.32. The fraction of sp³-hybridized carbons (Fsp3) is 0.238. The first kappa shape index (κ1) is 18.3. The summed E-state index contributed by atoms with van der Waals surface area (Å²) >= 11 is 1.78. The van der Waals surface area contributed by atoms with Gasteiger partial charge in [-0.25, -0.2) is 4.68 Å². The number of aliphatic imine (C=N–C) groups is 1. The average Bonchev–Trinajstić information content (AvgIpc) is 2.95. The molecule has 0 spiro atoms. The third-order valence-electron chi connectivity index (χ3n) is 4.18. The van der Waals surface area contributed by atoms with Gasteiger partial charge in [-0.05, 0) is 45.0 Å². The molecule has 0 fully saturated rings. The third-order valence-corrected chi connectivity index (χ3v) is 5.17. The lowest BCUT2D eigenvalue weighted by atomic mass is 10.2. The molecule has 0 unspecified atom stereocenters. The quantitative estimate of drug-likeness (QED) is 0.400. The van der Waals surface area contributed by atoms with E-state index in [0.717, 1.165) is 22.8 Å². The summed E-state index contributed by atoms with van der Waals surface area (Å²) in [6.45, 7) is 6.59. The summed E-state index contributed by atoms with van der Waals surface area (Å²) in [6.07, 6.45) is 0. The van der Waals surface area contributed by atoms with Crippen molar-refractivity contribution >= 4 is 17.5 Å². The lowest BCUT2D eigenvalue weighted by molar-refractivity contribution is 0.835. The Morgan fingerprint density at radius 3 is 2.46 bits per heavy atom. The molecule has 0 atom stereocenters. The second kappa shape index (κ2) is 8.23. The van der Waals surface area contributed by atoms with Gasteiger partial charge in [-0.15, -0.1) is 11.8 Å². The van der Waals surface area contributed by atoms with Gasteiger partial charge < -0.3 is 0 Å². The maximum atomic E-state index is 12.8. The molecule has 4 nitrogen and oxygen atoms in total. The van der Waals surface area contributed by atoms with Crippen molar-refractivity contribution in [2.45, 2.75) is 25.7 Å². The van der Waals surface area contributed by atoms with Crippen LogP contribution < -0.4 is 5.56 Å². The van der Waals surface area contributed by atoms with Crippen LogP contribution in [0.25, 0.3) is 5.69 Å². The van der Waals surface area contributed by atoms with Crippen molar-refractivity contribution in [2.24, 2.45) is 4.99 Å². The van der Waals surface area contributed by atoms with E-state index in [1.165, 1.54) is 10.5 Å². The molecule has 1 N–H and O–H groups in total. The summed E-state index contributed by atoms with van der Waals surface area (Å²) < 4.78 is 1.57. The number of aromatic amines is 1. The van der Waals surface area contributed by atoms with Gasteiger partial charge >= 0.3 is 0 Å². The van der Waals surface area contributed by atoms with Crippen molar-refractivity contribution in [1.82, 2.24) is 9.78 Å². The van der Waals surface area contributed by atoms with Gasteiger partial charge in [0.05, 0.1) is 11.3 Å². The first-order valence-corrected chi connectivity index (χ1v) is 9.63. The topological polar surface area (TPSA) is 50.1 Å².